The zero-order valence-corrected chi connectivity index (χ0v) is 11.5. The summed E-state index contributed by atoms with van der Waals surface area (Å²) in [5.41, 5.74) is 5.79. The maximum atomic E-state index is 5.79. The average Bonchev–Trinajstić information content (AvgIpc) is 2.46. The van der Waals surface area contributed by atoms with E-state index < -0.39 is 0 Å². The minimum atomic E-state index is 0.259. The maximum absolute atomic E-state index is 5.79. The van der Waals surface area contributed by atoms with Gasteiger partial charge in [0.15, 0.2) is 0 Å². The summed E-state index contributed by atoms with van der Waals surface area (Å²) >= 11 is 0. The van der Waals surface area contributed by atoms with E-state index in [1.807, 2.05) is 24.3 Å². The molecule has 0 spiro atoms. The lowest BCUT2D eigenvalue weighted by Crippen LogP contribution is -2.29. The van der Waals surface area contributed by atoms with Gasteiger partial charge >= 0.3 is 0 Å². The molecule has 0 radical (unpaired) electrons. The second-order valence-electron chi connectivity index (χ2n) is 4.58. The number of anilines is 1. The number of hydrogen-bond acceptors (Lipinski definition) is 4. The topological polar surface area (TPSA) is 60.2 Å². The minimum absolute atomic E-state index is 0.259. The summed E-state index contributed by atoms with van der Waals surface area (Å²) in [6.45, 7) is 2.76. The number of methoxy groups -OCH3 is 1. The highest BCUT2D eigenvalue weighted by Crippen LogP contribution is 2.29. The standard InChI is InChI=1S/C15H21N3O/c1-3-5-11(10-16)18-15-13-6-4-7-14(19-2)12(13)8-9-17-15/h4,6-9,11H,3,5,10,16H2,1-2H3,(H,17,18). The highest BCUT2D eigenvalue weighted by Gasteiger charge is 2.10. The van der Waals surface area contributed by atoms with E-state index >= 15 is 0 Å². The van der Waals surface area contributed by atoms with E-state index in [0.717, 1.165) is 35.2 Å². The first-order valence-corrected chi connectivity index (χ1v) is 6.68. The van der Waals surface area contributed by atoms with Crippen LogP contribution < -0.4 is 15.8 Å². The second kappa shape index (κ2) is 6.38. The number of aromatic nitrogens is 1. The first-order valence-electron chi connectivity index (χ1n) is 6.68. The molecule has 102 valence electrons. The van der Waals surface area contributed by atoms with Gasteiger partial charge in [0, 0.05) is 29.6 Å². The van der Waals surface area contributed by atoms with Crippen LogP contribution in [0.4, 0.5) is 5.82 Å². The molecule has 1 heterocycles. The Balaban J connectivity index is 2.38. The van der Waals surface area contributed by atoms with E-state index in [2.05, 4.69) is 17.2 Å². The van der Waals surface area contributed by atoms with Gasteiger partial charge in [0.1, 0.15) is 11.6 Å². The fourth-order valence-electron chi connectivity index (χ4n) is 2.26. The average molecular weight is 259 g/mol. The van der Waals surface area contributed by atoms with Crippen molar-refractivity contribution in [2.75, 3.05) is 19.0 Å². The monoisotopic (exact) mass is 259 g/mol. The van der Waals surface area contributed by atoms with Gasteiger partial charge in [-0.05, 0) is 18.6 Å². The number of nitrogens with two attached hydrogens (primary N) is 1. The number of nitrogens with zero attached hydrogens (tertiary/aromatic N) is 1. The molecular weight excluding hydrogens is 238 g/mol. The molecule has 2 rings (SSSR count). The molecule has 0 fully saturated rings. The van der Waals surface area contributed by atoms with Crippen molar-refractivity contribution in [3.05, 3.63) is 30.5 Å². The zero-order valence-electron chi connectivity index (χ0n) is 11.5. The first kappa shape index (κ1) is 13.6. The lowest BCUT2D eigenvalue weighted by atomic mass is 10.1. The molecule has 3 N–H and O–H groups in total. The Kier molecular flexibility index (Phi) is 4.58. The van der Waals surface area contributed by atoms with Gasteiger partial charge in [-0.15, -0.1) is 0 Å². The molecule has 0 saturated carbocycles. The van der Waals surface area contributed by atoms with Crippen LogP contribution in [0.5, 0.6) is 5.75 Å². The van der Waals surface area contributed by atoms with Crippen molar-refractivity contribution in [3.8, 4) is 5.75 Å². The van der Waals surface area contributed by atoms with Crippen molar-refractivity contribution < 1.29 is 4.74 Å². The number of pyridine rings is 1. The molecule has 4 heteroatoms. The number of rotatable bonds is 6. The van der Waals surface area contributed by atoms with Crippen LogP contribution in [-0.4, -0.2) is 24.7 Å². The molecule has 0 aliphatic carbocycles. The third-order valence-electron chi connectivity index (χ3n) is 3.25. The molecule has 19 heavy (non-hydrogen) atoms. The van der Waals surface area contributed by atoms with Crippen LogP contribution in [0.25, 0.3) is 10.8 Å². The van der Waals surface area contributed by atoms with Crippen molar-refractivity contribution in [2.45, 2.75) is 25.8 Å². The number of fused-ring (bicyclic) bond motifs is 1. The Bertz CT molecular complexity index is 542. The fraction of sp³-hybridized carbons (Fsp3) is 0.400. The lowest BCUT2D eigenvalue weighted by molar-refractivity contribution is 0.420. The fourth-order valence-corrected chi connectivity index (χ4v) is 2.26. The summed E-state index contributed by atoms with van der Waals surface area (Å²) in [5.74, 6) is 1.74. The largest absolute Gasteiger partial charge is 0.496 e. The van der Waals surface area contributed by atoms with Crippen LogP contribution >= 0.6 is 0 Å². The number of hydrogen-bond donors (Lipinski definition) is 2. The molecule has 0 aliphatic rings. The van der Waals surface area contributed by atoms with Gasteiger partial charge in [-0.1, -0.05) is 25.5 Å². The Labute approximate surface area is 114 Å². The van der Waals surface area contributed by atoms with E-state index in [1.54, 1.807) is 13.3 Å². The van der Waals surface area contributed by atoms with Crippen LogP contribution in [0.15, 0.2) is 30.5 Å². The van der Waals surface area contributed by atoms with E-state index in [-0.39, 0.29) is 6.04 Å². The van der Waals surface area contributed by atoms with Gasteiger partial charge in [-0.2, -0.15) is 0 Å². The van der Waals surface area contributed by atoms with Gasteiger partial charge < -0.3 is 15.8 Å². The Hall–Kier alpha value is -1.81. The van der Waals surface area contributed by atoms with Gasteiger partial charge in [-0.25, -0.2) is 4.98 Å². The molecule has 1 unspecified atom stereocenters. The highest BCUT2D eigenvalue weighted by atomic mass is 16.5. The summed E-state index contributed by atoms with van der Waals surface area (Å²) in [6, 6.07) is 8.21. The molecule has 0 amide bonds. The van der Waals surface area contributed by atoms with Crippen LogP contribution in [0.1, 0.15) is 19.8 Å². The van der Waals surface area contributed by atoms with Crippen molar-refractivity contribution in [2.24, 2.45) is 5.73 Å². The predicted molar refractivity (Wildman–Crippen MR) is 79.7 cm³/mol. The van der Waals surface area contributed by atoms with Crippen molar-refractivity contribution in [1.82, 2.24) is 4.98 Å². The summed E-state index contributed by atoms with van der Waals surface area (Å²) in [6.07, 6.45) is 3.94. The third kappa shape index (κ3) is 2.96. The Morgan fingerprint density at radius 3 is 2.84 bits per heavy atom. The summed E-state index contributed by atoms with van der Waals surface area (Å²) in [5, 5.41) is 5.56. The van der Waals surface area contributed by atoms with Gasteiger partial charge in [0.05, 0.1) is 7.11 Å². The third-order valence-corrected chi connectivity index (χ3v) is 3.25. The van der Waals surface area contributed by atoms with Gasteiger partial charge in [0.25, 0.3) is 0 Å². The molecule has 0 aliphatic heterocycles. The molecule has 2 aromatic rings. The maximum Gasteiger partial charge on any atom is 0.134 e. The highest BCUT2D eigenvalue weighted by molar-refractivity contribution is 5.95. The van der Waals surface area contributed by atoms with Crippen LogP contribution in [-0.2, 0) is 0 Å². The summed E-state index contributed by atoms with van der Waals surface area (Å²) in [4.78, 5) is 4.43. The molecule has 1 aromatic heterocycles. The SMILES string of the molecule is CCCC(CN)Nc1nccc2c(OC)cccc12. The quantitative estimate of drug-likeness (QED) is 0.837. The van der Waals surface area contributed by atoms with Crippen LogP contribution in [0, 0.1) is 0 Å². The van der Waals surface area contributed by atoms with Gasteiger partial charge in [-0.3, -0.25) is 0 Å². The van der Waals surface area contributed by atoms with Crippen molar-refractivity contribution in [1.29, 1.82) is 0 Å². The molecule has 1 atom stereocenters. The summed E-state index contributed by atoms with van der Waals surface area (Å²) < 4.78 is 5.38. The van der Waals surface area contributed by atoms with E-state index in [1.165, 1.54) is 0 Å². The van der Waals surface area contributed by atoms with E-state index in [0.29, 0.717) is 6.54 Å². The van der Waals surface area contributed by atoms with E-state index in [9.17, 15) is 0 Å². The lowest BCUT2D eigenvalue weighted by Gasteiger charge is -2.18. The minimum Gasteiger partial charge on any atom is -0.496 e. The summed E-state index contributed by atoms with van der Waals surface area (Å²) in [7, 11) is 1.68. The number of benzene rings is 1. The van der Waals surface area contributed by atoms with Gasteiger partial charge in [0.2, 0.25) is 0 Å². The van der Waals surface area contributed by atoms with Crippen LogP contribution in [0.3, 0.4) is 0 Å². The molecule has 4 nitrogen and oxygen atoms in total. The Morgan fingerprint density at radius 1 is 1.32 bits per heavy atom. The molecule has 1 aromatic carbocycles. The second-order valence-corrected chi connectivity index (χ2v) is 4.58. The predicted octanol–water partition coefficient (Wildman–Crippen LogP) is 2.78. The normalized spacial score (nSPS) is 12.4. The zero-order chi connectivity index (χ0) is 13.7. The van der Waals surface area contributed by atoms with Crippen LogP contribution in [0.2, 0.25) is 0 Å². The molecular formula is C15H21N3O. The number of ether oxygens (including phenoxy) is 1. The molecule has 0 saturated heterocycles. The van der Waals surface area contributed by atoms with Crippen molar-refractivity contribution >= 4 is 16.6 Å². The Morgan fingerprint density at radius 2 is 2.16 bits per heavy atom. The smallest absolute Gasteiger partial charge is 0.134 e. The van der Waals surface area contributed by atoms with Crippen molar-refractivity contribution in [3.63, 3.8) is 0 Å². The number of nitrogens with one attached hydrogen (secondary N) is 1. The van der Waals surface area contributed by atoms with E-state index in [4.69, 9.17) is 10.5 Å². The molecule has 0 bridgehead atoms. The first-order chi connectivity index (χ1) is 9.30.